The van der Waals surface area contributed by atoms with Crippen molar-refractivity contribution in [3.8, 4) is 5.75 Å². The number of halogens is 1. The second kappa shape index (κ2) is 7.91. The van der Waals surface area contributed by atoms with E-state index in [1.807, 2.05) is 24.3 Å². The maximum Gasteiger partial charge on any atom is 0.275 e. The van der Waals surface area contributed by atoms with Crippen LogP contribution in [0.3, 0.4) is 0 Å². The van der Waals surface area contributed by atoms with Gasteiger partial charge in [-0.25, -0.2) is 10.4 Å². The topological polar surface area (TPSA) is 104 Å². The number of aromatic hydroxyl groups is 1. The van der Waals surface area contributed by atoms with Crippen LogP contribution in [0.25, 0.3) is 11.0 Å². The van der Waals surface area contributed by atoms with Gasteiger partial charge in [0.05, 0.1) is 22.8 Å². The molecule has 1 amide bonds. The fourth-order valence-electron chi connectivity index (χ4n) is 2.44. The SMILES string of the molecule is O=C(NN=Cc1ccc(Sc2nc3ccccc3[nH]2)o1)c1cc(Br)ccc1O. The Morgan fingerprint density at radius 3 is 2.96 bits per heavy atom. The number of H-pyrrole nitrogens is 1. The highest BCUT2D eigenvalue weighted by Gasteiger charge is 2.11. The van der Waals surface area contributed by atoms with E-state index in [1.54, 1.807) is 18.2 Å². The molecule has 0 aliphatic rings. The zero-order valence-corrected chi connectivity index (χ0v) is 16.6. The number of carbonyl (C=O) groups excluding carboxylic acids is 1. The minimum absolute atomic E-state index is 0.118. The fraction of sp³-hybridized carbons (Fsp3) is 0. The van der Waals surface area contributed by atoms with Crippen LogP contribution in [0.4, 0.5) is 0 Å². The van der Waals surface area contributed by atoms with E-state index >= 15 is 0 Å². The molecule has 0 atom stereocenters. The normalized spacial score (nSPS) is 11.3. The smallest absolute Gasteiger partial charge is 0.275 e. The van der Waals surface area contributed by atoms with Crippen molar-refractivity contribution in [2.45, 2.75) is 10.2 Å². The summed E-state index contributed by atoms with van der Waals surface area (Å²) in [5.41, 5.74) is 4.32. The number of phenols is 1. The molecule has 3 N–H and O–H groups in total. The molecule has 2 aromatic carbocycles. The Kier molecular flexibility index (Phi) is 5.18. The number of aromatic nitrogens is 2. The van der Waals surface area contributed by atoms with Gasteiger partial charge in [0.1, 0.15) is 11.5 Å². The lowest BCUT2D eigenvalue weighted by molar-refractivity contribution is 0.0952. The quantitative estimate of drug-likeness (QED) is 0.302. The number of fused-ring (bicyclic) bond motifs is 1. The Morgan fingerprint density at radius 2 is 2.11 bits per heavy atom. The Labute approximate surface area is 172 Å². The number of benzene rings is 2. The maximum absolute atomic E-state index is 12.1. The lowest BCUT2D eigenvalue weighted by Crippen LogP contribution is -2.17. The molecule has 0 bridgehead atoms. The molecule has 0 saturated heterocycles. The Balaban J connectivity index is 1.40. The molecule has 0 aliphatic heterocycles. The molecule has 0 aliphatic carbocycles. The van der Waals surface area contributed by atoms with E-state index < -0.39 is 5.91 Å². The van der Waals surface area contributed by atoms with Crippen molar-refractivity contribution in [3.63, 3.8) is 0 Å². The Bertz CT molecular complexity index is 1150. The number of hydrogen-bond donors (Lipinski definition) is 3. The van der Waals surface area contributed by atoms with Gasteiger partial charge in [-0.1, -0.05) is 28.1 Å². The van der Waals surface area contributed by atoms with Crippen LogP contribution in [0.5, 0.6) is 5.75 Å². The van der Waals surface area contributed by atoms with Gasteiger partial charge < -0.3 is 14.5 Å². The van der Waals surface area contributed by atoms with E-state index in [0.717, 1.165) is 16.2 Å². The summed E-state index contributed by atoms with van der Waals surface area (Å²) in [5.74, 6) is -0.186. The molecule has 0 radical (unpaired) electrons. The Hall–Kier alpha value is -3.04. The third-order valence-corrected chi connectivity index (χ3v) is 5.03. The Morgan fingerprint density at radius 1 is 1.25 bits per heavy atom. The van der Waals surface area contributed by atoms with Crippen LogP contribution in [-0.2, 0) is 0 Å². The number of hydrazone groups is 1. The molecule has 140 valence electrons. The number of rotatable bonds is 5. The molecule has 0 saturated carbocycles. The van der Waals surface area contributed by atoms with Gasteiger partial charge in [0, 0.05) is 4.47 Å². The zero-order valence-electron chi connectivity index (χ0n) is 14.2. The second-order valence-corrected chi connectivity index (χ2v) is 7.59. The summed E-state index contributed by atoms with van der Waals surface area (Å²) >= 11 is 4.61. The molecule has 0 unspecified atom stereocenters. The minimum atomic E-state index is -0.529. The van der Waals surface area contributed by atoms with Gasteiger partial charge in [-0.15, -0.1) is 0 Å². The first-order valence-electron chi connectivity index (χ1n) is 8.13. The number of imidazole rings is 1. The number of amides is 1. The molecule has 0 spiro atoms. The molecule has 9 heteroatoms. The summed E-state index contributed by atoms with van der Waals surface area (Å²) in [5, 5.41) is 15.0. The predicted molar refractivity (Wildman–Crippen MR) is 110 cm³/mol. The summed E-state index contributed by atoms with van der Waals surface area (Å²) in [6, 6.07) is 15.9. The fourth-order valence-corrected chi connectivity index (χ4v) is 3.57. The van der Waals surface area contributed by atoms with Crippen molar-refractivity contribution in [1.29, 1.82) is 0 Å². The van der Waals surface area contributed by atoms with Gasteiger partial charge in [-0.05, 0) is 54.2 Å². The van der Waals surface area contributed by atoms with Crippen LogP contribution in [0.2, 0.25) is 0 Å². The predicted octanol–water partition coefficient (Wildman–Crippen LogP) is 4.54. The van der Waals surface area contributed by atoms with Crippen LogP contribution in [0.15, 0.2) is 78.8 Å². The zero-order chi connectivity index (χ0) is 19.5. The van der Waals surface area contributed by atoms with E-state index in [9.17, 15) is 9.90 Å². The van der Waals surface area contributed by atoms with Crippen molar-refractivity contribution in [1.82, 2.24) is 15.4 Å². The van der Waals surface area contributed by atoms with E-state index in [1.165, 1.54) is 30.1 Å². The van der Waals surface area contributed by atoms with Crippen molar-refractivity contribution in [3.05, 3.63) is 70.4 Å². The van der Waals surface area contributed by atoms with E-state index in [-0.39, 0.29) is 11.3 Å². The number of hydrogen-bond acceptors (Lipinski definition) is 6. The second-order valence-electron chi connectivity index (χ2n) is 5.68. The molecule has 2 heterocycles. The average Bonchev–Trinajstić information content (AvgIpc) is 3.30. The number of furan rings is 1. The van der Waals surface area contributed by atoms with E-state index in [4.69, 9.17) is 4.42 Å². The first-order chi connectivity index (χ1) is 13.6. The highest BCUT2D eigenvalue weighted by atomic mass is 79.9. The molecular formula is C19H13BrN4O3S. The summed E-state index contributed by atoms with van der Waals surface area (Å²) in [7, 11) is 0. The summed E-state index contributed by atoms with van der Waals surface area (Å²) in [4.78, 5) is 19.8. The summed E-state index contributed by atoms with van der Waals surface area (Å²) in [6.07, 6.45) is 1.38. The maximum atomic E-state index is 12.1. The van der Waals surface area contributed by atoms with E-state index in [2.05, 4.69) is 36.4 Å². The average molecular weight is 457 g/mol. The minimum Gasteiger partial charge on any atom is -0.507 e. The number of carbonyl (C=O) groups is 1. The molecule has 7 nitrogen and oxygen atoms in total. The molecular weight excluding hydrogens is 444 g/mol. The molecule has 28 heavy (non-hydrogen) atoms. The molecule has 2 aromatic heterocycles. The van der Waals surface area contributed by atoms with Gasteiger partial charge in [0.15, 0.2) is 10.2 Å². The largest absolute Gasteiger partial charge is 0.507 e. The van der Waals surface area contributed by atoms with Crippen molar-refractivity contribution in [2.24, 2.45) is 5.10 Å². The van der Waals surface area contributed by atoms with Gasteiger partial charge in [0.25, 0.3) is 5.91 Å². The van der Waals surface area contributed by atoms with Crippen LogP contribution < -0.4 is 5.43 Å². The van der Waals surface area contributed by atoms with Gasteiger partial charge in [-0.3, -0.25) is 4.79 Å². The lowest BCUT2D eigenvalue weighted by Gasteiger charge is -2.03. The lowest BCUT2D eigenvalue weighted by atomic mass is 10.2. The number of nitrogens with one attached hydrogen (secondary N) is 2. The molecule has 4 aromatic rings. The molecule has 4 rings (SSSR count). The standard InChI is InChI=1S/C19H13BrN4O3S/c20-11-5-7-16(25)13(9-11)18(26)24-21-10-12-6-8-17(27-12)28-19-22-14-3-1-2-4-15(14)23-19/h1-10,25H,(H,22,23)(H,24,26). The third-order valence-electron chi connectivity index (χ3n) is 3.73. The van der Waals surface area contributed by atoms with Crippen molar-refractivity contribution >= 4 is 50.8 Å². The van der Waals surface area contributed by atoms with Crippen LogP contribution in [0.1, 0.15) is 16.1 Å². The first-order valence-corrected chi connectivity index (χ1v) is 9.74. The number of nitrogens with zero attached hydrogens (tertiary/aromatic N) is 2. The number of phenolic OH excluding ortho intramolecular Hbond substituents is 1. The summed E-state index contributed by atoms with van der Waals surface area (Å²) < 4.78 is 6.34. The first kappa shape index (κ1) is 18.3. The van der Waals surface area contributed by atoms with Gasteiger partial charge in [0.2, 0.25) is 0 Å². The summed E-state index contributed by atoms with van der Waals surface area (Å²) in [6.45, 7) is 0. The third kappa shape index (κ3) is 4.10. The highest BCUT2D eigenvalue weighted by Crippen LogP contribution is 2.28. The molecule has 0 fully saturated rings. The van der Waals surface area contributed by atoms with Gasteiger partial charge in [-0.2, -0.15) is 5.10 Å². The van der Waals surface area contributed by atoms with Crippen LogP contribution in [-0.4, -0.2) is 27.2 Å². The van der Waals surface area contributed by atoms with Crippen molar-refractivity contribution in [2.75, 3.05) is 0 Å². The monoisotopic (exact) mass is 456 g/mol. The van der Waals surface area contributed by atoms with Crippen LogP contribution >= 0.6 is 27.7 Å². The van der Waals surface area contributed by atoms with Crippen molar-refractivity contribution < 1.29 is 14.3 Å². The number of aromatic amines is 1. The highest BCUT2D eigenvalue weighted by molar-refractivity contribution is 9.10. The van der Waals surface area contributed by atoms with E-state index in [0.29, 0.717) is 15.3 Å². The van der Waals surface area contributed by atoms with Crippen LogP contribution in [0, 0.1) is 0 Å². The van der Waals surface area contributed by atoms with Gasteiger partial charge >= 0.3 is 0 Å². The number of para-hydroxylation sites is 2.